The third kappa shape index (κ3) is 4.87. The Labute approximate surface area is 151 Å². The average Bonchev–Trinajstić information content (AvgIpc) is 2.47. The van der Waals surface area contributed by atoms with Crippen molar-refractivity contribution in [2.24, 2.45) is 0 Å². The first kappa shape index (κ1) is 19.6. The molecule has 1 aliphatic heterocycles. The Morgan fingerprint density at radius 1 is 1.24 bits per heavy atom. The fourth-order valence-corrected chi connectivity index (χ4v) is 3.07. The van der Waals surface area contributed by atoms with Gasteiger partial charge in [-0.1, -0.05) is 6.07 Å². The van der Waals surface area contributed by atoms with E-state index in [4.69, 9.17) is 4.74 Å². The minimum Gasteiger partial charge on any atom is -0.444 e. The minimum atomic E-state index is -4.96. The zero-order valence-electron chi connectivity index (χ0n) is 14.0. The van der Waals surface area contributed by atoms with Crippen LogP contribution in [0.1, 0.15) is 31.9 Å². The van der Waals surface area contributed by atoms with Gasteiger partial charge in [-0.15, -0.1) is 0 Å². The molecule has 0 aromatic heterocycles. The number of benzene rings is 1. The van der Waals surface area contributed by atoms with Crippen LogP contribution in [0.15, 0.2) is 16.6 Å². The predicted molar refractivity (Wildman–Crippen MR) is 89.2 cm³/mol. The molecule has 9 heteroatoms. The number of hydrogen-bond acceptors (Lipinski definition) is 3. The van der Waals surface area contributed by atoms with Gasteiger partial charge in [-0.05, 0) is 60.3 Å². The van der Waals surface area contributed by atoms with Crippen molar-refractivity contribution in [1.29, 1.82) is 0 Å². The van der Waals surface area contributed by atoms with Crippen LogP contribution in [0.2, 0.25) is 0 Å². The van der Waals surface area contributed by atoms with Crippen molar-refractivity contribution < 1.29 is 27.5 Å². The number of hydrogen-bond donors (Lipinski definition) is 1. The molecule has 1 N–H and O–H groups in total. The lowest BCUT2D eigenvalue weighted by molar-refractivity contribution is -0.167. The normalized spacial score (nSPS) is 14.8. The van der Waals surface area contributed by atoms with Gasteiger partial charge in [0, 0.05) is 17.6 Å². The van der Waals surface area contributed by atoms with E-state index in [2.05, 4.69) is 15.9 Å². The lowest BCUT2D eigenvalue weighted by atomic mass is 9.99. The van der Waals surface area contributed by atoms with Crippen LogP contribution in [-0.4, -0.2) is 35.2 Å². The smallest absolute Gasteiger partial charge is 0.444 e. The van der Waals surface area contributed by atoms with Crippen molar-refractivity contribution >= 4 is 33.6 Å². The first-order valence-electron chi connectivity index (χ1n) is 7.55. The molecule has 1 heterocycles. The van der Waals surface area contributed by atoms with Gasteiger partial charge in [0.2, 0.25) is 0 Å². The van der Waals surface area contributed by atoms with Gasteiger partial charge in [0.15, 0.2) is 0 Å². The molecule has 0 unspecified atom stereocenters. The van der Waals surface area contributed by atoms with Gasteiger partial charge in [-0.2, -0.15) is 13.2 Å². The Morgan fingerprint density at radius 3 is 2.44 bits per heavy atom. The van der Waals surface area contributed by atoms with E-state index in [0.717, 1.165) is 11.1 Å². The summed E-state index contributed by atoms with van der Waals surface area (Å²) < 4.78 is 42.9. The molecule has 0 fully saturated rings. The lowest BCUT2D eigenvalue weighted by Gasteiger charge is -2.32. The molecule has 2 rings (SSSR count). The number of carbonyl (C=O) groups is 2. The number of rotatable bonds is 1. The summed E-state index contributed by atoms with van der Waals surface area (Å²) in [5.74, 6) is -2.03. The molecule has 1 aromatic rings. The molecular formula is C16H18BrF3N2O3. The van der Waals surface area contributed by atoms with Crippen molar-refractivity contribution in [3.8, 4) is 0 Å². The molecule has 0 saturated carbocycles. The molecule has 1 aromatic carbocycles. The maximum absolute atomic E-state index is 12.4. The van der Waals surface area contributed by atoms with Crippen molar-refractivity contribution in [1.82, 2.24) is 4.90 Å². The third-order valence-electron chi connectivity index (χ3n) is 3.49. The minimum absolute atomic E-state index is 0.0480. The molecule has 0 atom stereocenters. The number of alkyl halides is 3. The van der Waals surface area contributed by atoms with E-state index in [-0.39, 0.29) is 12.2 Å². The van der Waals surface area contributed by atoms with Crippen LogP contribution in [-0.2, 0) is 22.5 Å². The van der Waals surface area contributed by atoms with Crippen LogP contribution in [0.3, 0.4) is 0 Å². The van der Waals surface area contributed by atoms with Crippen molar-refractivity contribution in [3.63, 3.8) is 0 Å². The number of amides is 2. The highest BCUT2D eigenvalue weighted by Gasteiger charge is 2.39. The van der Waals surface area contributed by atoms with Gasteiger partial charge in [0.1, 0.15) is 5.60 Å². The maximum Gasteiger partial charge on any atom is 0.471 e. The fraction of sp³-hybridized carbons (Fsp3) is 0.500. The first-order chi connectivity index (χ1) is 11.4. The molecule has 0 spiro atoms. The maximum atomic E-state index is 12.4. The molecule has 25 heavy (non-hydrogen) atoms. The Morgan fingerprint density at radius 2 is 1.88 bits per heavy atom. The van der Waals surface area contributed by atoms with Crippen LogP contribution in [0, 0.1) is 0 Å². The number of fused-ring (bicyclic) bond motifs is 1. The van der Waals surface area contributed by atoms with Crippen LogP contribution in [0.4, 0.5) is 23.7 Å². The highest BCUT2D eigenvalue weighted by Crippen LogP contribution is 2.34. The SMILES string of the molecule is CC(C)(C)OC(=O)N1CCc2c(ccc(NC(=O)C(F)(F)F)c2Br)C1. The summed E-state index contributed by atoms with van der Waals surface area (Å²) in [6, 6.07) is 2.98. The molecule has 0 aliphatic carbocycles. The standard InChI is InChI=1S/C16H18BrF3N2O3/c1-15(2,3)25-14(24)22-7-6-10-9(8-22)4-5-11(12(10)17)21-13(23)16(18,19)20/h4-5H,6-8H2,1-3H3,(H,21,23). The molecule has 0 radical (unpaired) electrons. The molecule has 0 saturated heterocycles. The largest absolute Gasteiger partial charge is 0.471 e. The van der Waals surface area contributed by atoms with E-state index in [1.54, 1.807) is 26.8 Å². The summed E-state index contributed by atoms with van der Waals surface area (Å²) in [6.45, 7) is 5.98. The zero-order valence-corrected chi connectivity index (χ0v) is 15.5. The number of nitrogens with zero attached hydrogens (tertiary/aromatic N) is 1. The van der Waals surface area contributed by atoms with E-state index in [1.165, 1.54) is 11.0 Å². The first-order valence-corrected chi connectivity index (χ1v) is 8.34. The van der Waals surface area contributed by atoms with E-state index >= 15 is 0 Å². The topological polar surface area (TPSA) is 58.6 Å². The van der Waals surface area contributed by atoms with Crippen LogP contribution < -0.4 is 5.32 Å². The summed E-state index contributed by atoms with van der Waals surface area (Å²) in [7, 11) is 0. The summed E-state index contributed by atoms with van der Waals surface area (Å²) >= 11 is 3.25. The molecule has 5 nitrogen and oxygen atoms in total. The van der Waals surface area contributed by atoms with Crippen molar-refractivity contribution in [3.05, 3.63) is 27.7 Å². The second-order valence-electron chi connectivity index (χ2n) is 6.67. The molecule has 1 aliphatic rings. The summed E-state index contributed by atoms with van der Waals surface area (Å²) in [5, 5.41) is 1.85. The molecule has 2 amide bonds. The number of anilines is 1. The van der Waals surface area contributed by atoms with Gasteiger partial charge in [0.25, 0.3) is 0 Å². The van der Waals surface area contributed by atoms with Crippen LogP contribution >= 0.6 is 15.9 Å². The molecule has 0 bridgehead atoms. The molecule has 138 valence electrons. The monoisotopic (exact) mass is 422 g/mol. The Kier molecular flexibility index (Phi) is 5.36. The van der Waals surface area contributed by atoms with Gasteiger partial charge in [-0.25, -0.2) is 4.79 Å². The number of ether oxygens (including phenoxy) is 1. The Bertz CT molecular complexity index is 699. The average molecular weight is 423 g/mol. The van der Waals surface area contributed by atoms with E-state index in [9.17, 15) is 22.8 Å². The highest BCUT2D eigenvalue weighted by molar-refractivity contribution is 9.10. The zero-order chi connectivity index (χ0) is 19.0. The molecular weight excluding hydrogens is 405 g/mol. The van der Waals surface area contributed by atoms with E-state index in [0.29, 0.717) is 17.4 Å². The van der Waals surface area contributed by atoms with Gasteiger partial charge < -0.3 is 15.0 Å². The summed E-state index contributed by atoms with van der Waals surface area (Å²) in [6.07, 6.45) is -4.96. The predicted octanol–water partition coefficient (Wildman–Crippen LogP) is 4.24. The summed E-state index contributed by atoms with van der Waals surface area (Å²) in [5.41, 5.74) is 0.990. The summed E-state index contributed by atoms with van der Waals surface area (Å²) in [4.78, 5) is 24.8. The van der Waals surface area contributed by atoms with Gasteiger partial charge in [0.05, 0.1) is 5.69 Å². The lowest BCUT2D eigenvalue weighted by Crippen LogP contribution is -2.40. The van der Waals surface area contributed by atoms with E-state index < -0.39 is 23.8 Å². The highest BCUT2D eigenvalue weighted by atomic mass is 79.9. The van der Waals surface area contributed by atoms with Crippen molar-refractivity contribution in [2.75, 3.05) is 11.9 Å². The van der Waals surface area contributed by atoms with Crippen LogP contribution in [0.25, 0.3) is 0 Å². The Balaban J connectivity index is 2.16. The fourth-order valence-electron chi connectivity index (χ4n) is 2.38. The van der Waals surface area contributed by atoms with Crippen molar-refractivity contribution in [2.45, 2.75) is 45.5 Å². The Hall–Kier alpha value is -1.77. The second-order valence-corrected chi connectivity index (χ2v) is 7.46. The quantitative estimate of drug-likeness (QED) is 0.735. The van der Waals surface area contributed by atoms with Gasteiger partial charge >= 0.3 is 18.2 Å². The number of carbonyl (C=O) groups excluding carboxylic acids is 2. The van der Waals surface area contributed by atoms with Crippen LogP contribution in [0.5, 0.6) is 0 Å². The number of halogens is 4. The van der Waals surface area contributed by atoms with E-state index in [1.807, 2.05) is 5.32 Å². The number of nitrogens with one attached hydrogen (secondary N) is 1. The second kappa shape index (κ2) is 6.86. The van der Waals surface area contributed by atoms with Gasteiger partial charge in [-0.3, -0.25) is 4.79 Å². The third-order valence-corrected chi connectivity index (χ3v) is 4.40.